The Morgan fingerprint density at radius 1 is 1.15 bits per heavy atom. The summed E-state index contributed by atoms with van der Waals surface area (Å²) >= 11 is 0. The van der Waals surface area contributed by atoms with Crippen molar-refractivity contribution in [2.24, 2.45) is 5.92 Å². The molecule has 0 unspecified atom stereocenters. The monoisotopic (exact) mass is 373 g/mol. The highest BCUT2D eigenvalue weighted by atomic mass is 32.2. The number of rotatable bonds is 4. The van der Waals surface area contributed by atoms with Crippen LogP contribution < -0.4 is 5.32 Å². The number of hydrogen-bond acceptors (Lipinski definition) is 4. The molecule has 0 aliphatic carbocycles. The van der Waals surface area contributed by atoms with E-state index in [1.54, 1.807) is 30.3 Å². The molecule has 1 aliphatic heterocycles. The number of piperidine rings is 1. The molecule has 1 fully saturated rings. The van der Waals surface area contributed by atoms with Gasteiger partial charge >= 0.3 is 0 Å². The number of carbonyl (C=O) groups is 1. The van der Waals surface area contributed by atoms with Crippen LogP contribution in [0.1, 0.15) is 24.1 Å². The van der Waals surface area contributed by atoms with Gasteiger partial charge < -0.3 is 5.32 Å². The third kappa shape index (κ3) is 4.11. The number of nitrogens with one attached hydrogen (secondary N) is 1. The van der Waals surface area contributed by atoms with Crippen LogP contribution in [0.25, 0.3) is 0 Å². The lowest BCUT2D eigenvalue weighted by molar-refractivity contribution is -0.120. The number of nitrogens with zero attached hydrogens (tertiary/aromatic N) is 2. The molecule has 3 rings (SSSR count). The van der Waals surface area contributed by atoms with Crippen molar-refractivity contribution in [3.8, 4) is 0 Å². The summed E-state index contributed by atoms with van der Waals surface area (Å²) in [5, 5.41) is 2.80. The standard InChI is InChI=1S/C19H23N3O3S/c1-14-8-10-17(11-9-14)26(24,25)22-12-4-6-16(13-22)19(23)21-18-7-3-5-15(2)20-18/h3,5,7-11,16H,4,6,12-13H2,1-2H3,(H,20,21,23)/t16-/m0/s1. The Balaban J connectivity index is 1.72. The van der Waals surface area contributed by atoms with E-state index < -0.39 is 10.0 Å². The summed E-state index contributed by atoms with van der Waals surface area (Å²) in [5.74, 6) is -0.0771. The van der Waals surface area contributed by atoms with Crippen LogP contribution in [0.15, 0.2) is 47.4 Å². The highest BCUT2D eigenvalue weighted by Crippen LogP contribution is 2.25. The zero-order valence-electron chi connectivity index (χ0n) is 15.0. The Morgan fingerprint density at radius 2 is 1.88 bits per heavy atom. The van der Waals surface area contributed by atoms with Crippen molar-refractivity contribution in [1.29, 1.82) is 0 Å². The first kappa shape index (κ1) is 18.5. The zero-order chi connectivity index (χ0) is 18.7. The first-order valence-corrected chi connectivity index (χ1v) is 10.1. The maximum Gasteiger partial charge on any atom is 0.243 e. The molecule has 1 atom stereocenters. The second-order valence-corrected chi connectivity index (χ2v) is 8.61. The summed E-state index contributed by atoms with van der Waals surface area (Å²) in [6.45, 7) is 4.39. The fourth-order valence-electron chi connectivity index (χ4n) is 3.07. The van der Waals surface area contributed by atoms with Crippen molar-refractivity contribution in [1.82, 2.24) is 9.29 Å². The molecule has 1 aliphatic rings. The van der Waals surface area contributed by atoms with Crippen LogP contribution >= 0.6 is 0 Å². The van der Waals surface area contributed by atoms with E-state index in [9.17, 15) is 13.2 Å². The maximum absolute atomic E-state index is 12.9. The van der Waals surface area contributed by atoms with Crippen molar-refractivity contribution in [3.63, 3.8) is 0 Å². The fraction of sp³-hybridized carbons (Fsp3) is 0.368. The lowest BCUT2D eigenvalue weighted by atomic mass is 9.99. The second-order valence-electron chi connectivity index (χ2n) is 6.67. The van der Waals surface area contributed by atoms with Crippen LogP contribution in [0, 0.1) is 19.8 Å². The van der Waals surface area contributed by atoms with E-state index >= 15 is 0 Å². The Kier molecular flexibility index (Phi) is 5.38. The molecule has 6 nitrogen and oxygen atoms in total. The molecule has 138 valence electrons. The highest BCUT2D eigenvalue weighted by Gasteiger charge is 2.33. The van der Waals surface area contributed by atoms with Gasteiger partial charge in [-0.3, -0.25) is 4.79 Å². The van der Waals surface area contributed by atoms with Crippen molar-refractivity contribution >= 4 is 21.7 Å². The first-order valence-electron chi connectivity index (χ1n) is 8.67. The highest BCUT2D eigenvalue weighted by molar-refractivity contribution is 7.89. The van der Waals surface area contributed by atoms with Gasteiger partial charge in [0.15, 0.2) is 0 Å². The quantitative estimate of drug-likeness (QED) is 0.894. The smallest absolute Gasteiger partial charge is 0.243 e. The van der Waals surface area contributed by atoms with Crippen LogP contribution in [0.2, 0.25) is 0 Å². The number of aromatic nitrogens is 1. The maximum atomic E-state index is 12.9. The van der Waals surface area contributed by atoms with E-state index in [0.717, 1.165) is 11.3 Å². The van der Waals surface area contributed by atoms with Crippen LogP contribution in [0.4, 0.5) is 5.82 Å². The number of aryl methyl sites for hydroxylation is 2. The molecule has 2 heterocycles. The van der Waals surface area contributed by atoms with Gasteiger partial charge in [-0.25, -0.2) is 13.4 Å². The van der Waals surface area contributed by atoms with Crippen molar-refractivity contribution in [2.45, 2.75) is 31.6 Å². The predicted octanol–water partition coefficient (Wildman–Crippen LogP) is 2.74. The number of carbonyl (C=O) groups excluding carboxylic acids is 1. The van der Waals surface area contributed by atoms with Gasteiger partial charge in [0.25, 0.3) is 0 Å². The molecule has 1 aromatic carbocycles. The van der Waals surface area contributed by atoms with E-state index in [0.29, 0.717) is 25.2 Å². The Morgan fingerprint density at radius 3 is 2.58 bits per heavy atom. The Bertz CT molecular complexity index is 895. The molecule has 0 spiro atoms. The number of benzene rings is 1. The lowest BCUT2D eigenvalue weighted by Crippen LogP contribution is -2.43. The van der Waals surface area contributed by atoms with Gasteiger partial charge in [-0.05, 0) is 51.0 Å². The summed E-state index contributed by atoms with van der Waals surface area (Å²) < 4.78 is 27.1. The first-order chi connectivity index (χ1) is 12.4. The number of anilines is 1. The molecule has 0 saturated carbocycles. The topological polar surface area (TPSA) is 79.4 Å². The van der Waals surface area contributed by atoms with Crippen LogP contribution in [0.3, 0.4) is 0 Å². The third-order valence-electron chi connectivity index (χ3n) is 4.55. The molecule has 0 radical (unpaired) electrons. The molecule has 2 aromatic rings. The van der Waals surface area contributed by atoms with Crippen LogP contribution in [-0.4, -0.2) is 36.7 Å². The minimum Gasteiger partial charge on any atom is -0.310 e. The second kappa shape index (κ2) is 7.55. The van der Waals surface area contributed by atoms with E-state index in [4.69, 9.17) is 0 Å². The summed E-state index contributed by atoms with van der Waals surface area (Å²) in [7, 11) is -3.59. The van der Waals surface area contributed by atoms with Crippen molar-refractivity contribution in [2.75, 3.05) is 18.4 Å². The molecule has 26 heavy (non-hydrogen) atoms. The molecule has 1 aromatic heterocycles. The number of sulfonamides is 1. The van der Waals surface area contributed by atoms with Gasteiger partial charge in [-0.2, -0.15) is 4.31 Å². The van der Waals surface area contributed by atoms with E-state index in [1.165, 1.54) is 4.31 Å². The SMILES string of the molecule is Cc1ccc(S(=O)(=O)N2CCC[C@H](C(=O)Nc3cccc(C)n3)C2)cc1. The van der Waals surface area contributed by atoms with Gasteiger partial charge in [-0.1, -0.05) is 23.8 Å². The lowest BCUT2D eigenvalue weighted by Gasteiger charge is -2.31. The largest absolute Gasteiger partial charge is 0.310 e. The van der Waals surface area contributed by atoms with E-state index in [1.807, 2.05) is 26.0 Å². The average Bonchev–Trinajstić information content (AvgIpc) is 2.62. The number of hydrogen-bond donors (Lipinski definition) is 1. The predicted molar refractivity (Wildman–Crippen MR) is 100 cm³/mol. The normalized spacial score (nSPS) is 18.5. The number of amides is 1. The van der Waals surface area contributed by atoms with Gasteiger partial charge in [0.05, 0.1) is 10.8 Å². The van der Waals surface area contributed by atoms with Crippen LogP contribution in [0.5, 0.6) is 0 Å². The Hall–Kier alpha value is -2.25. The third-order valence-corrected chi connectivity index (χ3v) is 6.43. The summed E-state index contributed by atoms with van der Waals surface area (Å²) in [6.07, 6.45) is 1.32. The summed E-state index contributed by atoms with van der Waals surface area (Å²) in [4.78, 5) is 17.1. The van der Waals surface area contributed by atoms with Gasteiger partial charge in [0.1, 0.15) is 5.82 Å². The van der Waals surface area contributed by atoms with Gasteiger partial charge in [-0.15, -0.1) is 0 Å². The fourth-order valence-corrected chi connectivity index (χ4v) is 4.60. The Labute approximate surface area is 154 Å². The van der Waals surface area contributed by atoms with Crippen molar-refractivity contribution in [3.05, 3.63) is 53.7 Å². The molecule has 1 N–H and O–H groups in total. The number of pyridine rings is 1. The van der Waals surface area contributed by atoms with Gasteiger partial charge in [0.2, 0.25) is 15.9 Å². The van der Waals surface area contributed by atoms with E-state index in [-0.39, 0.29) is 23.3 Å². The molecule has 7 heteroatoms. The van der Waals surface area contributed by atoms with Crippen LogP contribution in [-0.2, 0) is 14.8 Å². The van der Waals surface area contributed by atoms with Gasteiger partial charge in [0, 0.05) is 18.8 Å². The molecule has 1 amide bonds. The van der Waals surface area contributed by atoms with Crippen molar-refractivity contribution < 1.29 is 13.2 Å². The summed E-state index contributed by atoms with van der Waals surface area (Å²) in [5.41, 5.74) is 1.82. The molecular weight excluding hydrogens is 350 g/mol. The van der Waals surface area contributed by atoms with E-state index in [2.05, 4.69) is 10.3 Å². The molecular formula is C19H23N3O3S. The minimum atomic E-state index is -3.59. The molecule has 1 saturated heterocycles. The minimum absolute atomic E-state index is 0.188. The molecule has 0 bridgehead atoms. The summed E-state index contributed by atoms with van der Waals surface area (Å²) in [6, 6.07) is 12.2. The average molecular weight is 373 g/mol. The zero-order valence-corrected chi connectivity index (χ0v) is 15.8.